The highest BCUT2D eigenvalue weighted by atomic mass is 31.2. The van der Waals surface area contributed by atoms with Gasteiger partial charge >= 0.3 is 8.60 Å². The molecule has 0 fully saturated rings. The lowest BCUT2D eigenvalue weighted by Crippen LogP contribution is -2.02. The molecular formula is C20H27O3P. The van der Waals surface area contributed by atoms with Gasteiger partial charge < -0.3 is 13.9 Å². The molecule has 0 amide bonds. The van der Waals surface area contributed by atoms with E-state index in [0.717, 1.165) is 24.0 Å². The van der Waals surface area contributed by atoms with Crippen molar-refractivity contribution in [3.63, 3.8) is 0 Å². The lowest BCUT2D eigenvalue weighted by atomic mass is 10.0. The Morgan fingerprint density at radius 1 is 0.750 bits per heavy atom. The van der Waals surface area contributed by atoms with Crippen LogP contribution in [-0.2, 0) is 12.8 Å². The van der Waals surface area contributed by atoms with E-state index in [1.807, 2.05) is 48.5 Å². The van der Waals surface area contributed by atoms with Crippen molar-refractivity contribution in [1.82, 2.24) is 0 Å². The van der Waals surface area contributed by atoms with Crippen LogP contribution >= 0.6 is 8.60 Å². The van der Waals surface area contributed by atoms with Crippen molar-refractivity contribution in [1.29, 1.82) is 0 Å². The fourth-order valence-electron chi connectivity index (χ4n) is 2.59. The van der Waals surface area contributed by atoms with Crippen LogP contribution < -0.4 is 9.05 Å². The molecule has 0 saturated heterocycles. The number of hydrogen-bond acceptors (Lipinski definition) is 3. The lowest BCUT2D eigenvalue weighted by Gasteiger charge is -2.18. The molecule has 0 aromatic heterocycles. The first-order valence-corrected chi connectivity index (χ1v) is 9.59. The minimum Gasteiger partial charge on any atom is -0.418 e. The molecule has 0 bridgehead atoms. The highest BCUT2D eigenvalue weighted by Gasteiger charge is 2.16. The van der Waals surface area contributed by atoms with E-state index in [1.165, 1.54) is 0 Å². The summed E-state index contributed by atoms with van der Waals surface area (Å²) in [6, 6.07) is 15.6. The van der Waals surface area contributed by atoms with Gasteiger partial charge in [-0.2, -0.15) is 0 Å². The van der Waals surface area contributed by atoms with Crippen LogP contribution in [0.1, 0.15) is 38.8 Å². The molecule has 130 valence electrons. The summed E-state index contributed by atoms with van der Waals surface area (Å²) in [6.45, 7) is 8.66. The Balaban J connectivity index is 2.08. The largest absolute Gasteiger partial charge is 0.460 e. The molecule has 0 aliphatic heterocycles. The molecule has 0 aliphatic rings. The van der Waals surface area contributed by atoms with Crippen LogP contribution in [0.15, 0.2) is 48.5 Å². The van der Waals surface area contributed by atoms with Crippen LogP contribution in [0.2, 0.25) is 0 Å². The van der Waals surface area contributed by atoms with Crippen LogP contribution in [0.3, 0.4) is 0 Å². The van der Waals surface area contributed by atoms with Gasteiger partial charge in [0.1, 0.15) is 11.5 Å². The first-order valence-electron chi connectivity index (χ1n) is 8.46. The summed E-state index contributed by atoms with van der Waals surface area (Å²) in [5.41, 5.74) is 2.18. The fourth-order valence-corrected chi connectivity index (χ4v) is 3.32. The average molecular weight is 346 g/mol. The zero-order valence-corrected chi connectivity index (χ0v) is 15.8. The molecule has 4 heteroatoms. The van der Waals surface area contributed by atoms with Crippen molar-refractivity contribution >= 4 is 8.60 Å². The van der Waals surface area contributed by atoms with Crippen molar-refractivity contribution in [2.24, 2.45) is 11.8 Å². The Kier molecular flexibility index (Phi) is 7.08. The SMILES string of the molecule is CC(C)Cc1ccccc1OP(O)Oc1ccccc1CC(C)C. The normalized spacial score (nSPS) is 11.3. The summed E-state index contributed by atoms with van der Waals surface area (Å²) in [4.78, 5) is 10.3. The Morgan fingerprint density at radius 2 is 1.12 bits per heavy atom. The standard InChI is InChI=1S/C20H27O3P/c1-15(2)13-17-9-5-7-11-19(17)22-24(21)23-20-12-8-6-10-18(20)14-16(3)4/h5-12,15-16,21H,13-14H2,1-4H3. The van der Waals surface area contributed by atoms with Crippen molar-refractivity contribution in [2.45, 2.75) is 40.5 Å². The van der Waals surface area contributed by atoms with Crippen molar-refractivity contribution in [2.75, 3.05) is 0 Å². The van der Waals surface area contributed by atoms with E-state index in [9.17, 15) is 4.89 Å². The summed E-state index contributed by atoms with van der Waals surface area (Å²) >= 11 is 0. The summed E-state index contributed by atoms with van der Waals surface area (Å²) in [6.07, 6.45) is 1.81. The maximum atomic E-state index is 10.3. The number of para-hydroxylation sites is 2. The van der Waals surface area contributed by atoms with Gasteiger partial charge in [-0.3, -0.25) is 0 Å². The molecule has 2 aromatic carbocycles. The molecule has 0 spiro atoms. The number of benzene rings is 2. The molecule has 0 radical (unpaired) electrons. The van der Waals surface area contributed by atoms with Gasteiger partial charge in [-0.1, -0.05) is 64.1 Å². The van der Waals surface area contributed by atoms with Gasteiger partial charge in [0.2, 0.25) is 0 Å². The van der Waals surface area contributed by atoms with Crippen molar-refractivity contribution in [3.8, 4) is 11.5 Å². The van der Waals surface area contributed by atoms with Gasteiger partial charge in [0, 0.05) is 0 Å². The van der Waals surface area contributed by atoms with Gasteiger partial charge in [-0.05, 0) is 47.9 Å². The Morgan fingerprint density at radius 3 is 1.50 bits per heavy atom. The first kappa shape index (κ1) is 18.8. The van der Waals surface area contributed by atoms with Crippen LogP contribution in [0.25, 0.3) is 0 Å². The molecule has 0 heterocycles. The van der Waals surface area contributed by atoms with Crippen molar-refractivity contribution in [3.05, 3.63) is 59.7 Å². The van der Waals surface area contributed by atoms with Gasteiger partial charge in [0.05, 0.1) is 0 Å². The number of rotatable bonds is 8. The maximum absolute atomic E-state index is 10.3. The van der Waals surface area contributed by atoms with E-state index in [0.29, 0.717) is 23.3 Å². The van der Waals surface area contributed by atoms with Gasteiger partial charge in [-0.15, -0.1) is 0 Å². The second-order valence-corrected chi connectivity index (χ2v) is 7.67. The van der Waals surface area contributed by atoms with E-state index in [4.69, 9.17) is 9.05 Å². The summed E-state index contributed by atoms with van der Waals surface area (Å²) < 4.78 is 11.4. The molecular weight excluding hydrogens is 319 g/mol. The highest BCUT2D eigenvalue weighted by molar-refractivity contribution is 7.41. The van der Waals surface area contributed by atoms with Gasteiger partial charge in [0.15, 0.2) is 0 Å². The Labute approximate surface area is 146 Å². The van der Waals surface area contributed by atoms with E-state index in [-0.39, 0.29) is 0 Å². The second-order valence-electron chi connectivity index (χ2n) is 6.83. The van der Waals surface area contributed by atoms with E-state index >= 15 is 0 Å². The van der Waals surface area contributed by atoms with Crippen LogP contribution in [-0.4, -0.2) is 4.89 Å². The summed E-state index contributed by atoms with van der Waals surface area (Å²) in [5, 5.41) is 0. The third-order valence-electron chi connectivity index (χ3n) is 3.55. The molecule has 0 atom stereocenters. The average Bonchev–Trinajstić information content (AvgIpc) is 2.50. The van der Waals surface area contributed by atoms with Crippen LogP contribution in [0.4, 0.5) is 0 Å². The Hall–Kier alpha value is -1.57. The molecule has 0 aliphatic carbocycles. The molecule has 24 heavy (non-hydrogen) atoms. The maximum Gasteiger partial charge on any atom is 0.460 e. The lowest BCUT2D eigenvalue weighted by molar-refractivity contribution is 0.376. The molecule has 1 N–H and O–H groups in total. The van der Waals surface area contributed by atoms with E-state index < -0.39 is 8.60 Å². The predicted octanol–water partition coefficient (Wildman–Crippen LogP) is 5.76. The van der Waals surface area contributed by atoms with E-state index in [2.05, 4.69) is 27.7 Å². The van der Waals surface area contributed by atoms with Crippen molar-refractivity contribution < 1.29 is 13.9 Å². The minimum absolute atomic E-state index is 0.521. The zero-order valence-electron chi connectivity index (χ0n) is 14.9. The molecule has 2 rings (SSSR count). The van der Waals surface area contributed by atoms with Gasteiger partial charge in [0.25, 0.3) is 0 Å². The fraction of sp³-hybridized carbons (Fsp3) is 0.400. The smallest absolute Gasteiger partial charge is 0.418 e. The summed E-state index contributed by atoms with van der Waals surface area (Å²) in [5.74, 6) is 2.43. The first-order chi connectivity index (χ1) is 11.5. The quantitative estimate of drug-likeness (QED) is 0.618. The molecule has 0 unspecified atom stereocenters. The number of hydrogen-bond donors (Lipinski definition) is 1. The van der Waals surface area contributed by atoms with Crippen LogP contribution in [0.5, 0.6) is 11.5 Å². The van der Waals surface area contributed by atoms with Crippen LogP contribution in [0, 0.1) is 11.8 Å². The molecule has 3 nitrogen and oxygen atoms in total. The third kappa shape index (κ3) is 5.81. The zero-order chi connectivity index (χ0) is 17.5. The Bertz CT molecular complexity index is 585. The topological polar surface area (TPSA) is 38.7 Å². The summed E-state index contributed by atoms with van der Waals surface area (Å²) in [7, 11) is -2.02. The minimum atomic E-state index is -2.02. The van der Waals surface area contributed by atoms with Gasteiger partial charge in [-0.25, -0.2) is 0 Å². The monoisotopic (exact) mass is 346 g/mol. The molecule has 2 aromatic rings. The molecule has 0 saturated carbocycles. The second kappa shape index (κ2) is 9.05. The highest BCUT2D eigenvalue weighted by Crippen LogP contribution is 2.39. The predicted molar refractivity (Wildman–Crippen MR) is 100 cm³/mol. The van der Waals surface area contributed by atoms with E-state index in [1.54, 1.807) is 0 Å². The third-order valence-corrected chi connectivity index (χ3v) is 4.26.